The second-order valence-electron chi connectivity index (χ2n) is 6.28. The van der Waals surface area contributed by atoms with Crippen LogP contribution >= 0.6 is 11.8 Å². The number of nitrogens with one attached hydrogen (secondary N) is 1. The van der Waals surface area contributed by atoms with Crippen LogP contribution in [-0.4, -0.2) is 38.6 Å². The molecule has 2 atom stereocenters. The van der Waals surface area contributed by atoms with Gasteiger partial charge in [-0.1, -0.05) is 17.8 Å². The maximum Gasteiger partial charge on any atom is 0.233 e. The van der Waals surface area contributed by atoms with Crippen molar-refractivity contribution >= 4 is 28.7 Å². The quantitative estimate of drug-likeness (QED) is 0.877. The highest BCUT2D eigenvalue weighted by molar-refractivity contribution is 7.99. The third-order valence-electron chi connectivity index (χ3n) is 4.43. The van der Waals surface area contributed by atoms with Gasteiger partial charge in [-0.3, -0.25) is 4.79 Å². The number of nitrogens with zero attached hydrogens (tertiary/aromatic N) is 2. The Balaban J connectivity index is 1.66. The Kier molecular flexibility index (Phi) is 4.43. The van der Waals surface area contributed by atoms with Gasteiger partial charge in [-0.25, -0.2) is 4.98 Å². The fourth-order valence-corrected chi connectivity index (χ4v) is 4.04. The summed E-state index contributed by atoms with van der Waals surface area (Å²) in [5, 5.41) is 0.825. The first-order chi connectivity index (χ1) is 10.5. The minimum absolute atomic E-state index is 0.223. The number of carbonyl (C=O) groups is 1. The van der Waals surface area contributed by atoms with Gasteiger partial charge in [0.25, 0.3) is 0 Å². The molecule has 0 radical (unpaired) electrons. The Hall–Kier alpha value is -1.49. The average molecular weight is 317 g/mol. The van der Waals surface area contributed by atoms with E-state index in [9.17, 15) is 4.79 Å². The highest BCUT2D eigenvalue weighted by atomic mass is 32.2. The summed E-state index contributed by atoms with van der Waals surface area (Å²) in [6.07, 6.45) is 3.46. The van der Waals surface area contributed by atoms with Crippen LogP contribution in [0, 0.1) is 6.92 Å². The van der Waals surface area contributed by atoms with E-state index in [1.807, 2.05) is 6.07 Å². The minimum atomic E-state index is 0.223. The molecule has 1 aliphatic heterocycles. The maximum absolute atomic E-state index is 12.5. The summed E-state index contributed by atoms with van der Waals surface area (Å²) in [7, 11) is 0. The lowest BCUT2D eigenvalue weighted by Crippen LogP contribution is -2.48. The van der Waals surface area contributed by atoms with Crippen LogP contribution in [-0.2, 0) is 4.79 Å². The predicted octanol–water partition coefficient (Wildman–Crippen LogP) is 3.75. The second-order valence-corrected chi connectivity index (χ2v) is 7.25. The molecule has 1 N–H and O–H groups in total. The SMILES string of the molecule is Cc1ccc2nc(SCC(=O)N3C(C)CCCC3C)[nH]c2c1. The number of H-pyrrole nitrogens is 1. The van der Waals surface area contributed by atoms with E-state index in [1.54, 1.807) is 0 Å². The molecule has 2 unspecified atom stereocenters. The Morgan fingerprint density at radius 1 is 1.36 bits per heavy atom. The van der Waals surface area contributed by atoms with Crippen molar-refractivity contribution in [1.29, 1.82) is 0 Å². The summed E-state index contributed by atoms with van der Waals surface area (Å²) in [5.41, 5.74) is 3.20. The summed E-state index contributed by atoms with van der Waals surface area (Å²) < 4.78 is 0. The molecule has 0 aliphatic carbocycles. The molecule has 2 heterocycles. The summed E-state index contributed by atoms with van der Waals surface area (Å²) in [5.74, 6) is 0.675. The van der Waals surface area contributed by atoms with E-state index < -0.39 is 0 Å². The van der Waals surface area contributed by atoms with Crippen molar-refractivity contribution in [2.24, 2.45) is 0 Å². The summed E-state index contributed by atoms with van der Waals surface area (Å²) in [6, 6.07) is 6.87. The number of hydrogen-bond donors (Lipinski definition) is 1. The van der Waals surface area contributed by atoms with Crippen molar-refractivity contribution in [3.63, 3.8) is 0 Å². The van der Waals surface area contributed by atoms with Crippen LogP contribution in [0.5, 0.6) is 0 Å². The molecular weight excluding hydrogens is 294 g/mol. The Labute approximate surface area is 135 Å². The fraction of sp³-hybridized carbons (Fsp3) is 0.529. The van der Waals surface area contributed by atoms with Gasteiger partial charge in [0.2, 0.25) is 5.91 Å². The zero-order valence-electron chi connectivity index (χ0n) is 13.4. The second kappa shape index (κ2) is 6.32. The number of aryl methyl sites for hydroxylation is 1. The van der Waals surface area contributed by atoms with E-state index in [0.717, 1.165) is 29.0 Å². The number of imidazole rings is 1. The van der Waals surface area contributed by atoms with E-state index in [-0.39, 0.29) is 5.91 Å². The molecule has 3 rings (SSSR count). The number of thioether (sulfide) groups is 1. The van der Waals surface area contributed by atoms with Crippen LogP contribution < -0.4 is 0 Å². The topological polar surface area (TPSA) is 49.0 Å². The molecular formula is C17H23N3OS. The standard InChI is InChI=1S/C17H23N3OS/c1-11-7-8-14-15(9-11)19-17(18-14)22-10-16(21)20-12(2)5-4-6-13(20)3/h7-9,12-13H,4-6,10H2,1-3H3,(H,18,19). The van der Waals surface area contributed by atoms with E-state index in [4.69, 9.17) is 0 Å². The maximum atomic E-state index is 12.5. The number of likely N-dealkylation sites (tertiary alicyclic amines) is 1. The Morgan fingerprint density at radius 3 is 2.82 bits per heavy atom. The molecule has 1 saturated heterocycles. The number of aromatic nitrogens is 2. The number of fused-ring (bicyclic) bond motifs is 1. The highest BCUT2D eigenvalue weighted by Crippen LogP contribution is 2.25. The van der Waals surface area contributed by atoms with Crippen LogP contribution in [0.2, 0.25) is 0 Å². The van der Waals surface area contributed by atoms with Gasteiger partial charge in [0.05, 0.1) is 16.8 Å². The number of benzene rings is 1. The number of carbonyl (C=O) groups excluding carboxylic acids is 1. The molecule has 0 bridgehead atoms. The van der Waals surface area contributed by atoms with E-state index in [1.165, 1.54) is 23.7 Å². The van der Waals surface area contributed by atoms with Gasteiger partial charge in [0.1, 0.15) is 0 Å². The first kappa shape index (κ1) is 15.4. The lowest BCUT2D eigenvalue weighted by atomic mass is 9.98. The van der Waals surface area contributed by atoms with E-state index in [0.29, 0.717) is 17.8 Å². The number of aromatic amines is 1. The average Bonchev–Trinajstić information content (AvgIpc) is 2.87. The zero-order valence-corrected chi connectivity index (χ0v) is 14.2. The van der Waals surface area contributed by atoms with Gasteiger partial charge >= 0.3 is 0 Å². The molecule has 1 fully saturated rings. The molecule has 118 valence electrons. The smallest absolute Gasteiger partial charge is 0.233 e. The molecule has 22 heavy (non-hydrogen) atoms. The molecule has 1 aromatic heterocycles. The Morgan fingerprint density at radius 2 is 2.09 bits per heavy atom. The van der Waals surface area contributed by atoms with Crippen molar-refractivity contribution in [3.05, 3.63) is 23.8 Å². The molecule has 1 aliphatic rings. The molecule has 1 aromatic carbocycles. The van der Waals surface area contributed by atoms with Gasteiger partial charge in [-0.2, -0.15) is 0 Å². The summed E-state index contributed by atoms with van der Waals surface area (Å²) in [4.78, 5) is 22.4. The number of amides is 1. The van der Waals surface area contributed by atoms with Crippen LogP contribution in [0.15, 0.2) is 23.4 Å². The van der Waals surface area contributed by atoms with Crippen molar-refractivity contribution in [1.82, 2.24) is 14.9 Å². The van der Waals surface area contributed by atoms with Crippen molar-refractivity contribution in [3.8, 4) is 0 Å². The van der Waals surface area contributed by atoms with Crippen molar-refractivity contribution < 1.29 is 4.79 Å². The van der Waals surface area contributed by atoms with E-state index in [2.05, 4.69) is 47.8 Å². The monoisotopic (exact) mass is 317 g/mol. The molecule has 2 aromatic rings. The van der Waals surface area contributed by atoms with Crippen LogP contribution in [0.1, 0.15) is 38.7 Å². The van der Waals surface area contributed by atoms with Crippen molar-refractivity contribution in [2.45, 2.75) is 57.3 Å². The third-order valence-corrected chi connectivity index (χ3v) is 5.29. The molecule has 0 spiro atoms. The van der Waals surface area contributed by atoms with Gasteiger partial charge < -0.3 is 9.88 Å². The summed E-state index contributed by atoms with van der Waals surface area (Å²) in [6.45, 7) is 6.38. The molecule has 4 nitrogen and oxygen atoms in total. The predicted molar refractivity (Wildman–Crippen MR) is 91.2 cm³/mol. The molecule has 5 heteroatoms. The number of piperidine rings is 1. The number of hydrogen-bond acceptors (Lipinski definition) is 3. The molecule has 0 saturated carbocycles. The summed E-state index contributed by atoms with van der Waals surface area (Å²) >= 11 is 1.50. The lowest BCUT2D eigenvalue weighted by Gasteiger charge is -2.39. The zero-order chi connectivity index (χ0) is 15.7. The third kappa shape index (κ3) is 3.14. The van der Waals surface area contributed by atoms with Gasteiger partial charge in [0.15, 0.2) is 5.16 Å². The first-order valence-electron chi connectivity index (χ1n) is 7.95. The fourth-order valence-electron chi connectivity index (χ4n) is 3.29. The van der Waals surface area contributed by atoms with E-state index >= 15 is 0 Å². The van der Waals surface area contributed by atoms with Gasteiger partial charge in [-0.05, 0) is 57.7 Å². The highest BCUT2D eigenvalue weighted by Gasteiger charge is 2.28. The first-order valence-corrected chi connectivity index (χ1v) is 8.93. The number of rotatable bonds is 3. The molecule has 1 amide bonds. The van der Waals surface area contributed by atoms with Crippen LogP contribution in [0.25, 0.3) is 11.0 Å². The van der Waals surface area contributed by atoms with Crippen molar-refractivity contribution in [2.75, 3.05) is 5.75 Å². The normalized spacial score (nSPS) is 22.2. The van der Waals surface area contributed by atoms with Crippen LogP contribution in [0.3, 0.4) is 0 Å². The van der Waals surface area contributed by atoms with Crippen LogP contribution in [0.4, 0.5) is 0 Å². The minimum Gasteiger partial charge on any atom is -0.337 e. The Bertz CT molecular complexity index is 672. The lowest BCUT2D eigenvalue weighted by molar-refractivity contribution is -0.134. The van der Waals surface area contributed by atoms with Gasteiger partial charge in [-0.15, -0.1) is 0 Å². The van der Waals surface area contributed by atoms with Gasteiger partial charge in [0, 0.05) is 12.1 Å². The largest absolute Gasteiger partial charge is 0.337 e.